The van der Waals surface area contributed by atoms with Crippen molar-refractivity contribution in [3.05, 3.63) is 60.4 Å². The van der Waals surface area contributed by atoms with Crippen molar-refractivity contribution in [2.75, 3.05) is 46.7 Å². The Hall–Kier alpha value is -5.00. The lowest BCUT2D eigenvalue weighted by atomic mass is 10.1. The number of carbonyl (C=O) groups excluding carboxylic acids is 1. The third-order valence-electron chi connectivity index (χ3n) is 5.59. The monoisotopic (exact) mass is 665 g/mol. The molecule has 3 aromatic rings. The molecule has 46 heavy (non-hydrogen) atoms. The minimum Gasteiger partial charge on any atom is -0.497 e. The largest absolute Gasteiger partial charge is 0.497 e. The Morgan fingerprint density at radius 2 is 1.50 bits per heavy atom. The van der Waals surface area contributed by atoms with Crippen molar-refractivity contribution in [1.29, 1.82) is 0 Å². The third-order valence-corrected chi connectivity index (χ3v) is 5.59. The van der Waals surface area contributed by atoms with E-state index in [9.17, 15) is 31.1 Å². The number of halogens is 6. The van der Waals surface area contributed by atoms with Gasteiger partial charge in [-0.3, -0.25) is 5.10 Å². The number of carboxylic acids is 2. The highest BCUT2D eigenvalue weighted by Crippen LogP contribution is 2.31. The highest BCUT2D eigenvalue weighted by molar-refractivity contribution is 5.91. The number of carbonyl (C=O) groups is 3. The Balaban J connectivity index is 0.000000629. The SMILES string of the molecule is COc1cccc(CN(CCCN(C)C)C(=O)Nc2ccc(-c3cn[nH]c3)cc2OC)c1.O=C(O)C(F)(F)F.O=C(O)C(F)(F)F. The van der Waals surface area contributed by atoms with Gasteiger partial charge < -0.3 is 34.8 Å². The molecular weight excluding hydrogens is 632 g/mol. The Labute approximate surface area is 259 Å². The van der Waals surface area contributed by atoms with Gasteiger partial charge >= 0.3 is 30.3 Å². The molecule has 0 aliphatic heterocycles. The van der Waals surface area contributed by atoms with E-state index in [2.05, 4.69) is 20.4 Å². The van der Waals surface area contributed by atoms with Crippen LogP contribution in [0.15, 0.2) is 54.9 Å². The molecule has 0 saturated heterocycles. The van der Waals surface area contributed by atoms with E-state index in [1.54, 1.807) is 20.4 Å². The number of carboxylic acid groups (broad SMARTS) is 2. The zero-order valence-corrected chi connectivity index (χ0v) is 25.1. The second-order valence-electron chi connectivity index (χ2n) is 9.37. The number of anilines is 1. The lowest BCUT2D eigenvalue weighted by molar-refractivity contribution is -0.193. The minimum absolute atomic E-state index is 0.180. The predicted molar refractivity (Wildman–Crippen MR) is 154 cm³/mol. The maximum Gasteiger partial charge on any atom is 0.490 e. The van der Waals surface area contributed by atoms with Gasteiger partial charge in [0.05, 0.1) is 26.1 Å². The molecule has 18 heteroatoms. The zero-order chi connectivity index (χ0) is 35.1. The molecule has 0 unspecified atom stereocenters. The van der Waals surface area contributed by atoms with E-state index < -0.39 is 24.3 Å². The molecule has 0 saturated carbocycles. The molecule has 0 radical (unpaired) electrons. The Morgan fingerprint density at radius 3 is 1.98 bits per heavy atom. The number of aromatic nitrogens is 2. The van der Waals surface area contributed by atoms with Gasteiger partial charge in [-0.05, 0) is 62.5 Å². The predicted octanol–water partition coefficient (Wildman–Crippen LogP) is 5.35. The average Bonchev–Trinajstić information content (AvgIpc) is 3.51. The number of ether oxygens (including phenoxy) is 2. The van der Waals surface area contributed by atoms with E-state index in [4.69, 9.17) is 29.3 Å². The molecule has 0 spiro atoms. The maximum absolute atomic E-state index is 13.2. The van der Waals surface area contributed by atoms with E-state index in [-0.39, 0.29) is 6.03 Å². The van der Waals surface area contributed by atoms with Crippen LogP contribution in [0.3, 0.4) is 0 Å². The normalized spacial score (nSPS) is 10.9. The average molecular weight is 666 g/mol. The molecule has 0 fully saturated rings. The summed E-state index contributed by atoms with van der Waals surface area (Å²) in [5, 5.41) is 24.1. The number of nitrogens with one attached hydrogen (secondary N) is 2. The number of amides is 2. The summed E-state index contributed by atoms with van der Waals surface area (Å²) < 4.78 is 74.3. The summed E-state index contributed by atoms with van der Waals surface area (Å²) in [6.45, 7) is 1.99. The Kier molecular flexibility index (Phi) is 15.3. The smallest absolute Gasteiger partial charge is 0.490 e. The molecule has 1 heterocycles. The van der Waals surface area contributed by atoms with Crippen LogP contribution in [0.25, 0.3) is 11.1 Å². The number of H-pyrrole nitrogens is 1. The van der Waals surface area contributed by atoms with Crippen LogP contribution in [0.5, 0.6) is 11.5 Å². The molecule has 0 aliphatic rings. The van der Waals surface area contributed by atoms with E-state index in [0.717, 1.165) is 35.4 Å². The van der Waals surface area contributed by atoms with Gasteiger partial charge in [-0.2, -0.15) is 31.4 Å². The zero-order valence-electron chi connectivity index (χ0n) is 25.1. The number of hydrogen-bond acceptors (Lipinski definition) is 7. The third kappa shape index (κ3) is 14.2. The number of aliphatic carboxylic acids is 2. The number of aromatic amines is 1. The number of alkyl halides is 6. The molecule has 2 aromatic carbocycles. The van der Waals surface area contributed by atoms with Gasteiger partial charge in [0.2, 0.25) is 0 Å². The molecular formula is C28H33F6N5O7. The summed E-state index contributed by atoms with van der Waals surface area (Å²) in [5.74, 6) is -4.15. The van der Waals surface area contributed by atoms with Crippen molar-refractivity contribution in [3.8, 4) is 22.6 Å². The minimum atomic E-state index is -5.08. The first-order chi connectivity index (χ1) is 21.4. The van der Waals surface area contributed by atoms with Gasteiger partial charge in [-0.25, -0.2) is 14.4 Å². The quantitative estimate of drug-likeness (QED) is 0.210. The van der Waals surface area contributed by atoms with E-state index in [1.165, 1.54) is 0 Å². The van der Waals surface area contributed by atoms with Crippen LogP contribution >= 0.6 is 0 Å². The molecule has 12 nitrogen and oxygen atoms in total. The highest BCUT2D eigenvalue weighted by atomic mass is 19.4. The topological polar surface area (TPSA) is 157 Å². The van der Waals surface area contributed by atoms with Crippen LogP contribution in [0.4, 0.5) is 36.8 Å². The maximum atomic E-state index is 13.2. The first kappa shape index (κ1) is 39.0. The van der Waals surface area contributed by atoms with Crippen molar-refractivity contribution in [3.63, 3.8) is 0 Å². The van der Waals surface area contributed by atoms with Gasteiger partial charge in [0, 0.05) is 24.8 Å². The molecule has 3 rings (SSSR count). The molecule has 1 aromatic heterocycles. The van der Waals surface area contributed by atoms with Gasteiger partial charge in [-0.15, -0.1) is 0 Å². The summed E-state index contributed by atoms with van der Waals surface area (Å²) in [5.41, 5.74) is 3.52. The second kappa shape index (κ2) is 18.1. The van der Waals surface area contributed by atoms with Crippen LogP contribution < -0.4 is 14.8 Å². The second-order valence-corrected chi connectivity index (χ2v) is 9.37. The summed E-state index contributed by atoms with van der Waals surface area (Å²) in [6.07, 6.45) is -5.75. The molecule has 0 atom stereocenters. The van der Waals surface area contributed by atoms with E-state index in [0.29, 0.717) is 24.5 Å². The van der Waals surface area contributed by atoms with Crippen LogP contribution in [-0.2, 0) is 16.1 Å². The molecule has 4 N–H and O–H groups in total. The molecule has 2 amide bonds. The van der Waals surface area contributed by atoms with Crippen molar-refractivity contribution in [2.45, 2.75) is 25.3 Å². The summed E-state index contributed by atoms with van der Waals surface area (Å²) in [6, 6.07) is 13.3. The van der Waals surface area contributed by atoms with E-state index in [1.807, 2.05) is 67.7 Å². The summed E-state index contributed by atoms with van der Waals surface area (Å²) >= 11 is 0. The van der Waals surface area contributed by atoms with Crippen molar-refractivity contribution in [1.82, 2.24) is 20.0 Å². The summed E-state index contributed by atoms with van der Waals surface area (Å²) in [4.78, 5) is 34.9. The number of benzene rings is 2. The number of nitrogens with zero attached hydrogens (tertiary/aromatic N) is 3. The van der Waals surface area contributed by atoms with Gasteiger partial charge in [0.15, 0.2) is 0 Å². The number of urea groups is 1. The fourth-order valence-corrected chi connectivity index (χ4v) is 3.40. The van der Waals surface area contributed by atoms with Gasteiger partial charge in [-0.1, -0.05) is 18.2 Å². The van der Waals surface area contributed by atoms with Crippen molar-refractivity contribution < 1.29 is 60.4 Å². The standard InChI is InChI=1S/C24H31N5O3.2C2HF3O2/c1-28(2)11-6-12-29(17-18-7-5-8-21(13-18)31-3)24(30)27-22-10-9-19(14-23(22)32-4)20-15-25-26-16-20;2*3-2(4,5)1(6)7/h5,7-10,13-16H,6,11-12,17H2,1-4H3,(H,25,26)(H,27,30);2*(H,6,7). The Morgan fingerprint density at radius 1 is 0.891 bits per heavy atom. The lowest BCUT2D eigenvalue weighted by Crippen LogP contribution is -2.36. The first-order valence-electron chi connectivity index (χ1n) is 13.0. The van der Waals surface area contributed by atoms with Crippen molar-refractivity contribution >= 4 is 23.7 Å². The molecule has 254 valence electrons. The fourth-order valence-electron chi connectivity index (χ4n) is 3.40. The molecule has 0 bridgehead atoms. The number of hydrogen-bond donors (Lipinski definition) is 4. The Bertz CT molecular complexity index is 1380. The van der Waals surface area contributed by atoms with Crippen LogP contribution in [0.2, 0.25) is 0 Å². The van der Waals surface area contributed by atoms with Crippen LogP contribution in [-0.4, -0.2) is 102 Å². The number of rotatable bonds is 10. The fraction of sp³-hybridized carbons (Fsp3) is 0.357. The van der Waals surface area contributed by atoms with Gasteiger partial charge in [0.25, 0.3) is 0 Å². The lowest BCUT2D eigenvalue weighted by Gasteiger charge is -2.25. The first-order valence-corrected chi connectivity index (χ1v) is 13.0. The van der Waals surface area contributed by atoms with Crippen LogP contribution in [0, 0.1) is 0 Å². The van der Waals surface area contributed by atoms with Gasteiger partial charge in [0.1, 0.15) is 11.5 Å². The van der Waals surface area contributed by atoms with Crippen molar-refractivity contribution in [2.24, 2.45) is 0 Å². The van der Waals surface area contributed by atoms with Crippen LogP contribution in [0.1, 0.15) is 12.0 Å². The molecule has 0 aliphatic carbocycles. The number of methoxy groups -OCH3 is 2. The highest BCUT2D eigenvalue weighted by Gasteiger charge is 2.38. The van der Waals surface area contributed by atoms with E-state index >= 15 is 0 Å². The summed E-state index contributed by atoms with van der Waals surface area (Å²) in [7, 11) is 7.28.